The molecule has 5 nitrogen and oxygen atoms in total. The zero-order valence-electron chi connectivity index (χ0n) is 11.2. The number of benzene rings is 1. The Bertz CT molecular complexity index is 691. The predicted molar refractivity (Wildman–Crippen MR) is 80.0 cm³/mol. The van der Waals surface area contributed by atoms with Crippen LogP contribution in [0.25, 0.3) is 0 Å². The van der Waals surface area contributed by atoms with Gasteiger partial charge in [0, 0.05) is 12.0 Å². The minimum Gasteiger partial charge on any atom is -0.383 e. The molecule has 0 spiro atoms. The van der Waals surface area contributed by atoms with Gasteiger partial charge in [-0.3, -0.25) is 0 Å². The van der Waals surface area contributed by atoms with Crippen LogP contribution in [0, 0.1) is 18.3 Å². The number of aryl methyl sites for hydroxylation is 1. The smallest absolute Gasteiger partial charge is 0.139 e. The molecule has 3 N–H and O–H groups in total. The fourth-order valence-corrected chi connectivity index (χ4v) is 1.90. The lowest BCUT2D eigenvalue weighted by atomic mass is 10.2. The number of nitriles is 1. The molecular weight excluding hydrogens is 274 g/mol. The summed E-state index contributed by atoms with van der Waals surface area (Å²) in [6, 6.07) is 7.07. The highest BCUT2D eigenvalue weighted by Gasteiger charge is 2.10. The van der Waals surface area contributed by atoms with Gasteiger partial charge in [-0.2, -0.15) is 5.26 Å². The Morgan fingerprint density at radius 3 is 2.75 bits per heavy atom. The molecule has 0 saturated carbocycles. The molecule has 6 heteroatoms. The third-order valence-electron chi connectivity index (χ3n) is 2.90. The molecule has 1 heterocycles. The lowest BCUT2D eigenvalue weighted by molar-refractivity contribution is 0.940. The summed E-state index contributed by atoms with van der Waals surface area (Å²) in [6.45, 7) is 3.80. The van der Waals surface area contributed by atoms with Gasteiger partial charge in [-0.1, -0.05) is 18.5 Å². The van der Waals surface area contributed by atoms with Crippen LogP contribution >= 0.6 is 11.6 Å². The van der Waals surface area contributed by atoms with Crippen LogP contribution < -0.4 is 11.1 Å². The number of nitrogens with zero attached hydrogens (tertiary/aromatic N) is 3. The average molecular weight is 288 g/mol. The molecule has 0 aliphatic carbocycles. The van der Waals surface area contributed by atoms with Crippen LogP contribution in [0.4, 0.5) is 17.3 Å². The van der Waals surface area contributed by atoms with Gasteiger partial charge in [0.25, 0.3) is 0 Å². The summed E-state index contributed by atoms with van der Waals surface area (Å²) in [4.78, 5) is 8.60. The quantitative estimate of drug-likeness (QED) is 0.905. The lowest BCUT2D eigenvalue weighted by Crippen LogP contribution is -2.06. The first-order valence-corrected chi connectivity index (χ1v) is 6.52. The maximum Gasteiger partial charge on any atom is 0.139 e. The van der Waals surface area contributed by atoms with Crippen LogP contribution in [0.5, 0.6) is 0 Å². The number of nitrogen functional groups attached to an aromatic ring is 1. The Kier molecular flexibility index (Phi) is 4.06. The second-order valence-corrected chi connectivity index (χ2v) is 4.69. The first-order valence-electron chi connectivity index (χ1n) is 6.14. The van der Waals surface area contributed by atoms with E-state index >= 15 is 0 Å². The topological polar surface area (TPSA) is 87.6 Å². The molecular formula is C14H14ClN5. The third-order valence-corrected chi connectivity index (χ3v) is 3.21. The van der Waals surface area contributed by atoms with E-state index in [1.54, 1.807) is 18.2 Å². The van der Waals surface area contributed by atoms with E-state index in [0.717, 1.165) is 5.56 Å². The van der Waals surface area contributed by atoms with Gasteiger partial charge >= 0.3 is 0 Å². The fraction of sp³-hybridized carbons (Fsp3) is 0.214. The van der Waals surface area contributed by atoms with E-state index < -0.39 is 0 Å². The number of hydrogen-bond donors (Lipinski definition) is 2. The summed E-state index contributed by atoms with van der Waals surface area (Å²) in [6.07, 6.45) is 0.695. The van der Waals surface area contributed by atoms with Crippen molar-refractivity contribution in [3.8, 4) is 6.07 Å². The van der Waals surface area contributed by atoms with Crippen LogP contribution in [0.2, 0.25) is 5.02 Å². The van der Waals surface area contributed by atoms with Gasteiger partial charge in [0.05, 0.1) is 22.3 Å². The van der Waals surface area contributed by atoms with Crippen molar-refractivity contribution in [1.29, 1.82) is 5.26 Å². The summed E-state index contributed by atoms with van der Waals surface area (Å²) in [7, 11) is 0. The Balaban J connectivity index is 2.40. The van der Waals surface area contributed by atoms with Crippen molar-refractivity contribution in [2.24, 2.45) is 0 Å². The van der Waals surface area contributed by atoms with E-state index in [4.69, 9.17) is 22.6 Å². The van der Waals surface area contributed by atoms with Crippen molar-refractivity contribution in [2.75, 3.05) is 11.1 Å². The number of rotatable bonds is 3. The fourth-order valence-electron chi connectivity index (χ4n) is 1.68. The molecule has 1 aromatic carbocycles. The van der Waals surface area contributed by atoms with Crippen molar-refractivity contribution in [3.05, 3.63) is 40.2 Å². The van der Waals surface area contributed by atoms with E-state index in [1.165, 1.54) is 0 Å². The molecule has 0 fully saturated rings. The van der Waals surface area contributed by atoms with Crippen molar-refractivity contribution >= 4 is 28.9 Å². The molecule has 20 heavy (non-hydrogen) atoms. The van der Waals surface area contributed by atoms with Crippen LogP contribution in [0.15, 0.2) is 18.2 Å². The molecule has 0 aliphatic rings. The van der Waals surface area contributed by atoms with Gasteiger partial charge in [-0.15, -0.1) is 0 Å². The number of aromatic nitrogens is 2. The molecule has 2 aromatic rings. The monoisotopic (exact) mass is 287 g/mol. The molecule has 0 aliphatic heterocycles. The van der Waals surface area contributed by atoms with E-state index in [1.807, 2.05) is 19.9 Å². The summed E-state index contributed by atoms with van der Waals surface area (Å²) in [5.74, 6) is 1.74. The first-order chi connectivity index (χ1) is 9.55. The number of nitrogens with two attached hydrogens (primary N) is 1. The van der Waals surface area contributed by atoms with Crippen molar-refractivity contribution in [2.45, 2.75) is 20.3 Å². The molecule has 0 atom stereocenters. The molecule has 0 unspecified atom stereocenters. The van der Waals surface area contributed by atoms with E-state index in [2.05, 4.69) is 15.3 Å². The van der Waals surface area contributed by atoms with Gasteiger partial charge in [0.1, 0.15) is 17.5 Å². The van der Waals surface area contributed by atoms with Crippen LogP contribution in [-0.4, -0.2) is 9.97 Å². The number of hydrogen-bond acceptors (Lipinski definition) is 5. The van der Waals surface area contributed by atoms with Crippen LogP contribution in [0.1, 0.15) is 23.9 Å². The maximum atomic E-state index is 8.83. The number of anilines is 3. The molecule has 0 saturated heterocycles. The van der Waals surface area contributed by atoms with Crippen molar-refractivity contribution in [3.63, 3.8) is 0 Å². The Morgan fingerprint density at radius 1 is 1.40 bits per heavy atom. The minimum absolute atomic E-state index is 0.448. The Labute approximate surface area is 122 Å². The van der Waals surface area contributed by atoms with Gasteiger partial charge in [-0.05, 0) is 25.1 Å². The van der Waals surface area contributed by atoms with Gasteiger partial charge in [0.15, 0.2) is 0 Å². The average Bonchev–Trinajstić information content (AvgIpc) is 2.45. The summed E-state index contributed by atoms with van der Waals surface area (Å²) < 4.78 is 0. The molecule has 102 valence electrons. The summed E-state index contributed by atoms with van der Waals surface area (Å²) in [5.41, 5.74) is 7.82. The molecule has 0 radical (unpaired) electrons. The largest absolute Gasteiger partial charge is 0.383 e. The normalized spacial score (nSPS) is 10.1. The molecule has 1 aromatic heterocycles. The van der Waals surface area contributed by atoms with Crippen LogP contribution in [-0.2, 0) is 6.42 Å². The predicted octanol–water partition coefficient (Wildman–Crippen LogP) is 3.20. The van der Waals surface area contributed by atoms with E-state index in [-0.39, 0.29) is 0 Å². The molecule has 0 bridgehead atoms. The highest BCUT2D eigenvalue weighted by Crippen LogP contribution is 2.28. The maximum absolute atomic E-state index is 8.83. The van der Waals surface area contributed by atoms with E-state index in [9.17, 15) is 0 Å². The lowest BCUT2D eigenvalue weighted by Gasteiger charge is -2.12. The number of halogens is 1. The third kappa shape index (κ3) is 2.81. The zero-order chi connectivity index (χ0) is 14.7. The summed E-state index contributed by atoms with van der Waals surface area (Å²) >= 11 is 6.14. The standard InChI is InChI=1S/C14H14ClN5/c1-3-12-19-13(17)8(2)14(20-12)18-11-5-4-9(7-16)6-10(11)15/h4-6H,3H2,1-2H3,(H3,17,18,19,20). The van der Waals surface area contributed by atoms with Gasteiger partial charge in [-0.25, -0.2) is 9.97 Å². The van der Waals surface area contributed by atoms with Gasteiger partial charge in [0.2, 0.25) is 0 Å². The minimum atomic E-state index is 0.448. The highest BCUT2D eigenvalue weighted by molar-refractivity contribution is 6.33. The number of nitrogens with one attached hydrogen (secondary N) is 1. The second-order valence-electron chi connectivity index (χ2n) is 4.28. The van der Waals surface area contributed by atoms with Crippen LogP contribution in [0.3, 0.4) is 0 Å². The molecule has 0 amide bonds. The van der Waals surface area contributed by atoms with Gasteiger partial charge < -0.3 is 11.1 Å². The van der Waals surface area contributed by atoms with Crippen molar-refractivity contribution < 1.29 is 0 Å². The first kappa shape index (κ1) is 14.1. The molecule has 2 rings (SSSR count). The SMILES string of the molecule is CCc1nc(N)c(C)c(Nc2ccc(C#N)cc2Cl)n1. The second kappa shape index (κ2) is 5.76. The Morgan fingerprint density at radius 2 is 2.15 bits per heavy atom. The Hall–Kier alpha value is -2.32. The van der Waals surface area contributed by atoms with E-state index in [0.29, 0.717) is 40.2 Å². The summed E-state index contributed by atoms with van der Waals surface area (Å²) in [5, 5.41) is 12.4. The highest BCUT2D eigenvalue weighted by atomic mass is 35.5. The zero-order valence-corrected chi connectivity index (χ0v) is 12.0. The van der Waals surface area contributed by atoms with Crippen molar-refractivity contribution in [1.82, 2.24) is 9.97 Å².